The molecule has 2 aromatic heterocycles. The van der Waals surface area contributed by atoms with Crippen molar-refractivity contribution in [2.75, 3.05) is 0 Å². The van der Waals surface area contributed by atoms with E-state index in [0.29, 0.717) is 32.9 Å². The third-order valence-electron chi connectivity index (χ3n) is 4.61. The van der Waals surface area contributed by atoms with E-state index in [9.17, 15) is 10.1 Å². The van der Waals surface area contributed by atoms with Crippen molar-refractivity contribution in [1.82, 2.24) is 9.97 Å². The number of rotatable bonds is 2. The van der Waals surface area contributed by atoms with Gasteiger partial charge in [-0.2, -0.15) is 0 Å². The number of halogens is 6. The van der Waals surface area contributed by atoms with Gasteiger partial charge in [-0.15, -0.1) is 0 Å². The molecular formula is C20H9Cl6N3O2. The summed E-state index contributed by atoms with van der Waals surface area (Å²) in [5.74, 6) is 0. The maximum absolute atomic E-state index is 11.6. The van der Waals surface area contributed by atoms with Gasteiger partial charge in [-0.3, -0.25) is 10.1 Å². The minimum Gasteiger partial charge on any atom is -0.258 e. The van der Waals surface area contributed by atoms with Gasteiger partial charge in [0.2, 0.25) is 7.59 Å². The van der Waals surface area contributed by atoms with Crippen molar-refractivity contribution in [3.63, 3.8) is 0 Å². The standard InChI is InChI=1S/C20H9Cl6N3O2/c21-19(22,23)15-8-6-10-5-7-12-13(11-3-1-2-4-14(11)29(30)31)9-16(20(24,25)26)28-18(12)17(10)27-15/h1-9H. The molecule has 0 radical (unpaired) electrons. The number of aromatic nitrogens is 2. The second kappa shape index (κ2) is 8.07. The Kier molecular flexibility index (Phi) is 5.88. The molecule has 0 saturated carbocycles. The summed E-state index contributed by atoms with van der Waals surface area (Å²) in [5.41, 5.74) is 1.71. The monoisotopic (exact) mass is 533 g/mol. The highest BCUT2D eigenvalue weighted by molar-refractivity contribution is 6.67. The second-order valence-corrected chi connectivity index (χ2v) is 11.1. The van der Waals surface area contributed by atoms with Gasteiger partial charge in [0.05, 0.1) is 32.9 Å². The van der Waals surface area contributed by atoms with Crippen LogP contribution in [0.3, 0.4) is 0 Å². The summed E-state index contributed by atoms with van der Waals surface area (Å²) < 4.78 is -3.65. The van der Waals surface area contributed by atoms with Crippen LogP contribution in [0.5, 0.6) is 0 Å². The largest absolute Gasteiger partial charge is 0.277 e. The lowest BCUT2D eigenvalue weighted by Crippen LogP contribution is -2.07. The fourth-order valence-electron chi connectivity index (χ4n) is 3.26. The fourth-order valence-corrected chi connectivity index (χ4v) is 3.86. The van der Waals surface area contributed by atoms with Crippen LogP contribution >= 0.6 is 69.6 Å². The van der Waals surface area contributed by atoms with Gasteiger partial charge in [0.25, 0.3) is 5.69 Å². The van der Waals surface area contributed by atoms with E-state index in [-0.39, 0.29) is 17.1 Å². The van der Waals surface area contributed by atoms with Gasteiger partial charge in [-0.05, 0) is 23.8 Å². The Morgan fingerprint density at radius 1 is 0.742 bits per heavy atom. The molecule has 0 bridgehead atoms. The van der Waals surface area contributed by atoms with Gasteiger partial charge in [-0.25, -0.2) is 9.97 Å². The molecule has 2 aromatic carbocycles. The summed E-state index contributed by atoms with van der Waals surface area (Å²) in [6, 6.07) is 14.7. The number of nitro groups is 1. The van der Waals surface area contributed by atoms with E-state index in [1.54, 1.807) is 42.5 Å². The van der Waals surface area contributed by atoms with Crippen LogP contribution in [0.4, 0.5) is 5.69 Å². The van der Waals surface area contributed by atoms with Gasteiger partial charge in [-0.1, -0.05) is 99.9 Å². The SMILES string of the molecule is O=[N+]([O-])c1ccccc1-c1cc(C(Cl)(Cl)Cl)nc2c1ccc1ccc(C(Cl)(Cl)Cl)nc12. The van der Waals surface area contributed by atoms with Crippen LogP contribution in [0.25, 0.3) is 32.9 Å². The quantitative estimate of drug-likeness (QED) is 0.113. The number of pyridine rings is 2. The summed E-state index contributed by atoms with van der Waals surface area (Å²) in [6.45, 7) is 0. The Bertz CT molecular complexity index is 1350. The lowest BCUT2D eigenvalue weighted by molar-refractivity contribution is -0.384. The molecule has 4 aromatic rings. The van der Waals surface area contributed by atoms with E-state index in [2.05, 4.69) is 9.97 Å². The molecule has 5 nitrogen and oxygen atoms in total. The number of benzene rings is 2. The van der Waals surface area contributed by atoms with Gasteiger partial charge in [0.15, 0.2) is 0 Å². The zero-order valence-electron chi connectivity index (χ0n) is 15.1. The summed E-state index contributed by atoms with van der Waals surface area (Å²) >= 11 is 36.4. The van der Waals surface area contributed by atoms with Gasteiger partial charge in [0.1, 0.15) is 0 Å². The highest BCUT2D eigenvalue weighted by Gasteiger charge is 2.29. The predicted octanol–water partition coefficient (Wildman–Crippen LogP) is 8.01. The van der Waals surface area contributed by atoms with Crippen LogP contribution < -0.4 is 0 Å². The number of para-hydroxylation sites is 1. The van der Waals surface area contributed by atoms with Crippen LogP contribution in [-0.2, 0) is 7.59 Å². The van der Waals surface area contributed by atoms with E-state index in [1.807, 2.05) is 0 Å². The molecule has 0 atom stereocenters. The Morgan fingerprint density at radius 2 is 1.35 bits per heavy atom. The summed E-state index contributed by atoms with van der Waals surface area (Å²) in [7, 11) is 0. The van der Waals surface area contributed by atoms with Crippen molar-refractivity contribution < 1.29 is 4.92 Å². The van der Waals surface area contributed by atoms with Crippen molar-refractivity contribution in [1.29, 1.82) is 0 Å². The molecule has 31 heavy (non-hydrogen) atoms. The van der Waals surface area contributed by atoms with Crippen molar-refractivity contribution in [3.05, 3.63) is 76.1 Å². The predicted molar refractivity (Wildman–Crippen MR) is 128 cm³/mol. The third kappa shape index (κ3) is 4.36. The third-order valence-corrected chi connectivity index (χ3v) is 5.77. The normalized spacial score (nSPS) is 12.5. The van der Waals surface area contributed by atoms with E-state index in [4.69, 9.17) is 69.6 Å². The molecule has 11 heteroatoms. The van der Waals surface area contributed by atoms with Crippen LogP contribution in [-0.4, -0.2) is 14.9 Å². The minimum absolute atomic E-state index is 0.0757. The number of alkyl halides is 6. The first kappa shape index (κ1) is 22.6. The summed E-state index contributed by atoms with van der Waals surface area (Å²) in [6.07, 6.45) is 0. The maximum atomic E-state index is 11.6. The molecule has 0 fully saturated rings. The van der Waals surface area contributed by atoms with Crippen LogP contribution in [0.2, 0.25) is 0 Å². The first-order valence-electron chi connectivity index (χ1n) is 8.59. The number of fused-ring (bicyclic) bond motifs is 3. The molecule has 2 heterocycles. The maximum Gasteiger partial charge on any atom is 0.277 e. The van der Waals surface area contributed by atoms with Crippen molar-refractivity contribution in [2.24, 2.45) is 0 Å². The Balaban J connectivity index is 2.17. The Hall–Kier alpha value is -1.60. The topological polar surface area (TPSA) is 68.9 Å². The highest BCUT2D eigenvalue weighted by atomic mass is 35.6. The van der Waals surface area contributed by atoms with Crippen molar-refractivity contribution in [3.8, 4) is 11.1 Å². The van der Waals surface area contributed by atoms with Crippen molar-refractivity contribution >= 4 is 97.1 Å². The summed E-state index contributed by atoms with van der Waals surface area (Å²) in [5, 5.41) is 12.9. The lowest BCUT2D eigenvalue weighted by Gasteiger charge is -2.17. The first-order valence-corrected chi connectivity index (χ1v) is 10.9. The summed E-state index contributed by atoms with van der Waals surface area (Å²) in [4.78, 5) is 20.1. The second-order valence-electron chi connectivity index (χ2n) is 6.55. The molecule has 0 aliphatic carbocycles. The number of hydrogen-bond acceptors (Lipinski definition) is 4. The van der Waals surface area contributed by atoms with Crippen LogP contribution in [0, 0.1) is 10.1 Å². The molecule has 158 valence electrons. The molecule has 0 saturated heterocycles. The number of hydrogen-bond donors (Lipinski definition) is 0. The Morgan fingerprint density at radius 3 is 2.00 bits per heavy atom. The van der Waals surface area contributed by atoms with Gasteiger partial charge >= 0.3 is 0 Å². The number of nitrogens with zero attached hydrogens (tertiary/aromatic N) is 3. The van der Waals surface area contributed by atoms with E-state index < -0.39 is 12.5 Å². The van der Waals surface area contributed by atoms with E-state index >= 15 is 0 Å². The first-order chi connectivity index (χ1) is 14.5. The molecule has 0 unspecified atom stereocenters. The van der Waals surface area contributed by atoms with E-state index in [1.165, 1.54) is 12.1 Å². The average molecular weight is 536 g/mol. The van der Waals surface area contributed by atoms with Crippen molar-refractivity contribution in [2.45, 2.75) is 7.59 Å². The van der Waals surface area contributed by atoms with Crippen LogP contribution in [0.15, 0.2) is 54.6 Å². The molecule has 0 aliphatic rings. The van der Waals surface area contributed by atoms with Gasteiger partial charge < -0.3 is 0 Å². The van der Waals surface area contributed by atoms with E-state index in [0.717, 1.165) is 0 Å². The molecule has 4 rings (SSSR count). The zero-order chi connectivity index (χ0) is 22.6. The molecule has 0 N–H and O–H groups in total. The molecule has 0 aliphatic heterocycles. The fraction of sp³-hybridized carbons (Fsp3) is 0.100. The Labute approximate surface area is 205 Å². The molecule has 0 amide bonds. The molecular weight excluding hydrogens is 527 g/mol. The molecule has 0 spiro atoms. The number of nitro benzene ring substituents is 1. The zero-order valence-corrected chi connectivity index (χ0v) is 19.7. The van der Waals surface area contributed by atoms with Crippen LogP contribution in [0.1, 0.15) is 11.4 Å². The van der Waals surface area contributed by atoms with Gasteiger partial charge in [0, 0.05) is 16.8 Å². The minimum atomic E-state index is -1.89. The lowest BCUT2D eigenvalue weighted by atomic mass is 9.97. The highest BCUT2D eigenvalue weighted by Crippen LogP contribution is 2.44. The smallest absolute Gasteiger partial charge is 0.258 e. The average Bonchev–Trinajstić information content (AvgIpc) is 2.71.